The zero-order chi connectivity index (χ0) is 15.9. The minimum Gasteiger partial charge on any atom is -0.493 e. The van der Waals surface area contributed by atoms with Crippen molar-refractivity contribution in [3.8, 4) is 17.6 Å². The SMILES string of the molecule is COc1ccc(CC(=O)O[C@H]2CCCC[C@H]2C#N)cc1OC. The van der Waals surface area contributed by atoms with Crippen molar-refractivity contribution in [2.24, 2.45) is 5.92 Å². The number of hydrogen-bond acceptors (Lipinski definition) is 5. The second-order valence-electron chi connectivity index (χ2n) is 5.41. The molecule has 1 aromatic rings. The van der Waals surface area contributed by atoms with E-state index in [1.165, 1.54) is 0 Å². The fourth-order valence-electron chi connectivity index (χ4n) is 2.75. The molecular formula is C17H21NO4. The zero-order valence-electron chi connectivity index (χ0n) is 13.0. The number of rotatable bonds is 5. The van der Waals surface area contributed by atoms with Crippen LogP contribution < -0.4 is 9.47 Å². The molecule has 0 spiro atoms. The van der Waals surface area contributed by atoms with E-state index >= 15 is 0 Å². The van der Waals surface area contributed by atoms with Gasteiger partial charge in [-0.05, 0) is 37.0 Å². The van der Waals surface area contributed by atoms with E-state index < -0.39 is 0 Å². The van der Waals surface area contributed by atoms with Gasteiger partial charge in [-0.25, -0.2) is 0 Å². The van der Waals surface area contributed by atoms with Gasteiger partial charge in [-0.15, -0.1) is 0 Å². The number of carbonyl (C=O) groups is 1. The zero-order valence-corrected chi connectivity index (χ0v) is 13.0. The van der Waals surface area contributed by atoms with E-state index in [2.05, 4.69) is 6.07 Å². The topological polar surface area (TPSA) is 68.5 Å². The molecule has 1 fully saturated rings. The summed E-state index contributed by atoms with van der Waals surface area (Å²) in [5.41, 5.74) is 0.798. The standard InChI is InChI=1S/C17H21NO4/c1-20-15-8-7-12(9-16(15)21-2)10-17(19)22-14-6-4-3-5-13(14)11-18/h7-9,13-14H,3-6,10H2,1-2H3/t13-,14-/m0/s1. The smallest absolute Gasteiger partial charge is 0.310 e. The molecule has 5 heteroatoms. The molecule has 0 unspecified atom stereocenters. The maximum absolute atomic E-state index is 12.1. The maximum Gasteiger partial charge on any atom is 0.310 e. The lowest BCUT2D eigenvalue weighted by Crippen LogP contribution is -2.29. The van der Waals surface area contributed by atoms with Crippen molar-refractivity contribution in [2.45, 2.75) is 38.2 Å². The Labute approximate surface area is 130 Å². The average Bonchev–Trinajstić information content (AvgIpc) is 2.55. The first-order valence-corrected chi connectivity index (χ1v) is 7.48. The number of ether oxygens (including phenoxy) is 3. The Morgan fingerprint density at radius 2 is 1.95 bits per heavy atom. The van der Waals surface area contributed by atoms with Gasteiger partial charge in [0, 0.05) is 0 Å². The summed E-state index contributed by atoms with van der Waals surface area (Å²) >= 11 is 0. The molecule has 1 aromatic carbocycles. The summed E-state index contributed by atoms with van der Waals surface area (Å²) < 4.78 is 15.9. The molecule has 0 saturated heterocycles. The molecule has 0 N–H and O–H groups in total. The highest BCUT2D eigenvalue weighted by Gasteiger charge is 2.28. The first kappa shape index (κ1) is 16.2. The maximum atomic E-state index is 12.1. The Morgan fingerprint density at radius 3 is 2.64 bits per heavy atom. The quantitative estimate of drug-likeness (QED) is 0.782. The highest BCUT2D eigenvalue weighted by molar-refractivity contribution is 5.73. The molecule has 2 atom stereocenters. The summed E-state index contributed by atoms with van der Waals surface area (Å²) in [5.74, 6) is 0.722. The van der Waals surface area contributed by atoms with Crippen LogP contribution >= 0.6 is 0 Å². The Kier molecular flexibility index (Phi) is 5.65. The van der Waals surface area contributed by atoms with Crippen LogP contribution in [-0.2, 0) is 16.0 Å². The monoisotopic (exact) mass is 303 g/mol. The Bertz CT molecular complexity index is 564. The minimum atomic E-state index is -0.306. The summed E-state index contributed by atoms with van der Waals surface area (Å²) in [6.07, 6.45) is 3.51. The van der Waals surface area contributed by atoms with Gasteiger partial charge in [-0.3, -0.25) is 4.79 Å². The number of benzene rings is 1. The number of methoxy groups -OCH3 is 2. The highest BCUT2D eigenvalue weighted by atomic mass is 16.5. The summed E-state index contributed by atoms with van der Waals surface area (Å²) in [7, 11) is 3.12. The third kappa shape index (κ3) is 3.91. The summed E-state index contributed by atoms with van der Waals surface area (Å²) in [6, 6.07) is 7.58. The molecule has 0 bridgehead atoms. The molecular weight excluding hydrogens is 282 g/mol. The first-order valence-electron chi connectivity index (χ1n) is 7.48. The number of nitriles is 1. The summed E-state index contributed by atoms with van der Waals surface area (Å²) in [5, 5.41) is 9.12. The van der Waals surface area contributed by atoms with Gasteiger partial charge in [-0.1, -0.05) is 12.5 Å². The van der Waals surface area contributed by atoms with Crippen LogP contribution in [0, 0.1) is 17.2 Å². The van der Waals surface area contributed by atoms with E-state index in [0.717, 1.165) is 31.2 Å². The van der Waals surface area contributed by atoms with E-state index in [0.29, 0.717) is 11.5 Å². The molecule has 1 saturated carbocycles. The fraction of sp³-hybridized carbons (Fsp3) is 0.529. The Balaban J connectivity index is 1.98. The highest BCUT2D eigenvalue weighted by Crippen LogP contribution is 2.29. The van der Waals surface area contributed by atoms with Crippen LogP contribution in [0.15, 0.2) is 18.2 Å². The molecule has 0 heterocycles. The van der Waals surface area contributed by atoms with Gasteiger partial charge in [0.15, 0.2) is 11.5 Å². The van der Waals surface area contributed by atoms with E-state index in [9.17, 15) is 4.79 Å². The minimum absolute atomic E-state index is 0.162. The van der Waals surface area contributed by atoms with Crippen molar-refractivity contribution in [3.63, 3.8) is 0 Å². The lowest BCUT2D eigenvalue weighted by molar-refractivity contribution is -0.151. The molecule has 0 radical (unpaired) electrons. The van der Waals surface area contributed by atoms with Crippen LogP contribution in [0.1, 0.15) is 31.2 Å². The van der Waals surface area contributed by atoms with Gasteiger partial charge in [0.25, 0.3) is 0 Å². The fourth-order valence-corrected chi connectivity index (χ4v) is 2.75. The van der Waals surface area contributed by atoms with Crippen LogP contribution in [0.3, 0.4) is 0 Å². The molecule has 1 aliphatic carbocycles. The normalized spacial score (nSPS) is 20.8. The van der Waals surface area contributed by atoms with E-state index in [4.69, 9.17) is 19.5 Å². The molecule has 0 aromatic heterocycles. The predicted octanol–water partition coefficient (Wildman–Crippen LogP) is 2.87. The van der Waals surface area contributed by atoms with Crippen molar-refractivity contribution in [1.29, 1.82) is 5.26 Å². The average molecular weight is 303 g/mol. The number of nitrogens with zero attached hydrogens (tertiary/aromatic N) is 1. The van der Waals surface area contributed by atoms with Crippen LogP contribution in [-0.4, -0.2) is 26.3 Å². The van der Waals surface area contributed by atoms with Crippen molar-refractivity contribution in [3.05, 3.63) is 23.8 Å². The van der Waals surface area contributed by atoms with Gasteiger partial charge in [0.05, 0.1) is 32.6 Å². The van der Waals surface area contributed by atoms with Gasteiger partial charge in [0.2, 0.25) is 0 Å². The molecule has 0 amide bonds. The summed E-state index contributed by atoms with van der Waals surface area (Å²) in [6.45, 7) is 0. The molecule has 118 valence electrons. The van der Waals surface area contributed by atoms with E-state index in [1.807, 2.05) is 6.07 Å². The third-order valence-corrected chi connectivity index (χ3v) is 3.95. The first-order chi connectivity index (χ1) is 10.7. The Hall–Kier alpha value is -2.22. The number of carbonyl (C=O) groups excluding carboxylic acids is 1. The van der Waals surface area contributed by atoms with Crippen LogP contribution in [0.5, 0.6) is 11.5 Å². The van der Waals surface area contributed by atoms with E-state index in [1.54, 1.807) is 26.4 Å². The van der Waals surface area contributed by atoms with Crippen molar-refractivity contribution in [1.82, 2.24) is 0 Å². The Morgan fingerprint density at radius 1 is 1.23 bits per heavy atom. The second-order valence-corrected chi connectivity index (χ2v) is 5.41. The summed E-state index contributed by atoms with van der Waals surface area (Å²) in [4.78, 5) is 12.1. The molecule has 5 nitrogen and oxygen atoms in total. The van der Waals surface area contributed by atoms with Crippen LogP contribution in [0.2, 0.25) is 0 Å². The predicted molar refractivity (Wildman–Crippen MR) is 80.7 cm³/mol. The van der Waals surface area contributed by atoms with Gasteiger partial charge < -0.3 is 14.2 Å². The van der Waals surface area contributed by atoms with Gasteiger partial charge in [-0.2, -0.15) is 5.26 Å². The second kappa shape index (κ2) is 7.69. The molecule has 0 aliphatic heterocycles. The molecule has 1 aliphatic rings. The van der Waals surface area contributed by atoms with Crippen molar-refractivity contribution in [2.75, 3.05) is 14.2 Å². The largest absolute Gasteiger partial charge is 0.493 e. The van der Waals surface area contributed by atoms with E-state index in [-0.39, 0.29) is 24.4 Å². The lowest BCUT2D eigenvalue weighted by atomic mass is 9.87. The van der Waals surface area contributed by atoms with Gasteiger partial charge >= 0.3 is 5.97 Å². The lowest BCUT2D eigenvalue weighted by Gasteiger charge is -2.26. The van der Waals surface area contributed by atoms with Crippen LogP contribution in [0.4, 0.5) is 0 Å². The molecule has 22 heavy (non-hydrogen) atoms. The van der Waals surface area contributed by atoms with Crippen molar-refractivity contribution < 1.29 is 19.0 Å². The molecule has 2 rings (SSSR count). The van der Waals surface area contributed by atoms with Crippen LogP contribution in [0.25, 0.3) is 0 Å². The van der Waals surface area contributed by atoms with Crippen molar-refractivity contribution >= 4 is 5.97 Å². The van der Waals surface area contributed by atoms with Gasteiger partial charge in [0.1, 0.15) is 6.10 Å². The number of esters is 1. The number of hydrogen-bond donors (Lipinski definition) is 0. The third-order valence-electron chi connectivity index (χ3n) is 3.95.